The van der Waals surface area contributed by atoms with Gasteiger partial charge in [-0.25, -0.2) is 18.4 Å². The fourth-order valence-corrected chi connectivity index (χ4v) is 2.70. The predicted octanol–water partition coefficient (Wildman–Crippen LogP) is 0.0352. The Balaban J connectivity index is 3.00. The van der Waals surface area contributed by atoms with Crippen LogP contribution in [-0.4, -0.2) is 42.5 Å². The Hall–Kier alpha value is -2.17. The number of nitrogens with two attached hydrogens (primary N) is 1. The number of carbonyl (C=O) groups excluding carboxylic acids is 1. The molecule has 0 saturated heterocycles. The van der Waals surface area contributed by atoms with E-state index < -0.39 is 45.2 Å². The Morgan fingerprint density at radius 1 is 1.26 bits per heavy atom. The molecule has 0 radical (unpaired) electrons. The van der Waals surface area contributed by atoms with Crippen LogP contribution >= 0.6 is 11.6 Å². The molecule has 0 saturated carbocycles. The molecule has 0 aliphatic heterocycles. The van der Waals surface area contributed by atoms with E-state index in [1.54, 1.807) is 0 Å². The lowest BCUT2D eigenvalue weighted by atomic mass is 10.1. The predicted molar refractivity (Wildman–Crippen MR) is 78.6 cm³/mol. The normalized spacial score (nSPS) is 12.4. The van der Waals surface area contributed by atoms with Crippen molar-refractivity contribution in [1.29, 1.82) is 0 Å². The minimum Gasteiger partial charge on any atom is -0.481 e. The molecular weight excluding hydrogens is 352 g/mol. The number of nitrogens with one attached hydrogen (secondary N) is 1. The molecule has 0 bridgehead atoms. The maximum absolute atomic E-state index is 12.0. The number of amides is 1. The van der Waals surface area contributed by atoms with Gasteiger partial charge in [-0.1, -0.05) is 11.6 Å². The molecule has 11 heteroatoms. The van der Waals surface area contributed by atoms with E-state index in [1.807, 2.05) is 0 Å². The van der Waals surface area contributed by atoms with Crippen LogP contribution in [0.2, 0.25) is 5.02 Å². The van der Waals surface area contributed by atoms with Crippen LogP contribution in [0.15, 0.2) is 23.1 Å². The van der Waals surface area contributed by atoms with Crippen LogP contribution in [-0.2, 0) is 19.6 Å². The Morgan fingerprint density at radius 2 is 1.87 bits per heavy atom. The van der Waals surface area contributed by atoms with Crippen molar-refractivity contribution in [2.45, 2.75) is 23.8 Å². The molecule has 1 rings (SSSR count). The first-order valence-corrected chi connectivity index (χ1v) is 8.02. The van der Waals surface area contributed by atoms with Gasteiger partial charge in [0, 0.05) is 12.0 Å². The second-order valence-electron chi connectivity index (χ2n) is 4.49. The van der Waals surface area contributed by atoms with Crippen molar-refractivity contribution in [3.05, 3.63) is 28.8 Å². The lowest BCUT2D eigenvalue weighted by Gasteiger charge is -2.14. The number of aliphatic carboxylic acids is 2. The summed E-state index contributed by atoms with van der Waals surface area (Å²) in [5, 5.41) is 24.4. The molecule has 1 aromatic rings. The molecule has 1 aromatic carbocycles. The smallest absolute Gasteiger partial charge is 0.326 e. The average Bonchev–Trinajstić information content (AvgIpc) is 2.41. The summed E-state index contributed by atoms with van der Waals surface area (Å²) in [6, 6.07) is 1.78. The molecule has 0 heterocycles. The quantitative estimate of drug-likeness (QED) is 0.530. The number of benzene rings is 1. The van der Waals surface area contributed by atoms with Crippen molar-refractivity contribution < 1.29 is 33.0 Å². The molecule has 0 unspecified atom stereocenters. The van der Waals surface area contributed by atoms with Crippen LogP contribution in [0.5, 0.6) is 0 Å². The Bertz CT molecular complexity index is 748. The first-order valence-electron chi connectivity index (χ1n) is 6.10. The zero-order chi connectivity index (χ0) is 17.8. The summed E-state index contributed by atoms with van der Waals surface area (Å²) >= 11 is 5.68. The number of sulfonamides is 1. The van der Waals surface area contributed by atoms with E-state index in [0.29, 0.717) is 0 Å². The van der Waals surface area contributed by atoms with Gasteiger partial charge in [-0.3, -0.25) is 9.59 Å². The molecule has 0 spiro atoms. The van der Waals surface area contributed by atoms with Gasteiger partial charge in [0.1, 0.15) is 10.9 Å². The van der Waals surface area contributed by atoms with Gasteiger partial charge >= 0.3 is 11.9 Å². The lowest BCUT2D eigenvalue weighted by molar-refractivity contribution is -0.140. The number of rotatable bonds is 7. The van der Waals surface area contributed by atoms with Gasteiger partial charge in [-0.05, 0) is 24.6 Å². The molecule has 1 atom stereocenters. The fraction of sp³-hybridized carbons (Fsp3) is 0.250. The Kier molecular flexibility index (Phi) is 6.07. The number of carboxylic acids is 2. The first-order chi connectivity index (χ1) is 10.5. The monoisotopic (exact) mass is 364 g/mol. The molecule has 1 amide bonds. The summed E-state index contributed by atoms with van der Waals surface area (Å²) in [6.07, 6.45) is -0.785. The van der Waals surface area contributed by atoms with E-state index >= 15 is 0 Å². The van der Waals surface area contributed by atoms with Crippen molar-refractivity contribution in [3.8, 4) is 0 Å². The van der Waals surface area contributed by atoms with Gasteiger partial charge in [-0.2, -0.15) is 0 Å². The molecule has 0 fully saturated rings. The van der Waals surface area contributed by atoms with Gasteiger partial charge in [-0.15, -0.1) is 0 Å². The van der Waals surface area contributed by atoms with E-state index in [9.17, 15) is 22.8 Å². The van der Waals surface area contributed by atoms with Gasteiger partial charge in [0.25, 0.3) is 5.91 Å². The number of carbonyl (C=O) groups is 3. The molecular formula is C12H13ClN2O7S. The van der Waals surface area contributed by atoms with Gasteiger partial charge in [0.2, 0.25) is 10.0 Å². The number of carboxylic acid groups (broad SMARTS) is 2. The largest absolute Gasteiger partial charge is 0.481 e. The summed E-state index contributed by atoms with van der Waals surface area (Å²) in [5.74, 6) is -3.53. The molecule has 0 aliphatic rings. The van der Waals surface area contributed by atoms with Crippen LogP contribution in [0.3, 0.4) is 0 Å². The van der Waals surface area contributed by atoms with Gasteiger partial charge < -0.3 is 15.5 Å². The van der Waals surface area contributed by atoms with Gasteiger partial charge in [0.05, 0.1) is 5.02 Å². The summed E-state index contributed by atoms with van der Waals surface area (Å²) in [5.41, 5.74) is -0.181. The molecule has 9 nitrogen and oxygen atoms in total. The SMILES string of the molecule is NS(=O)(=O)c1cc(C(=O)N[C@@H](CCC(=O)O)C(=O)O)ccc1Cl. The summed E-state index contributed by atoms with van der Waals surface area (Å²) in [7, 11) is -4.16. The molecule has 0 aromatic heterocycles. The van der Waals surface area contributed by atoms with Gasteiger partial charge in [0.15, 0.2) is 0 Å². The Labute approximate surface area is 136 Å². The number of hydrogen-bond donors (Lipinski definition) is 4. The van der Waals surface area contributed by atoms with Crippen LogP contribution in [0.4, 0.5) is 0 Å². The standard InChI is InChI=1S/C12H13ClN2O7S/c13-7-2-1-6(5-9(7)23(14,21)22)11(18)15-8(12(19)20)3-4-10(16)17/h1-2,5,8H,3-4H2,(H,15,18)(H,16,17)(H,19,20)(H2,14,21,22)/t8-/m0/s1. The average molecular weight is 365 g/mol. The van der Waals surface area contributed by atoms with Crippen molar-refractivity contribution in [3.63, 3.8) is 0 Å². The molecule has 126 valence electrons. The van der Waals surface area contributed by atoms with Crippen molar-refractivity contribution >= 4 is 39.5 Å². The van der Waals surface area contributed by atoms with E-state index in [4.69, 9.17) is 27.0 Å². The number of hydrogen-bond acceptors (Lipinski definition) is 5. The molecule has 23 heavy (non-hydrogen) atoms. The highest BCUT2D eigenvalue weighted by Crippen LogP contribution is 2.21. The van der Waals surface area contributed by atoms with Crippen molar-refractivity contribution in [1.82, 2.24) is 5.32 Å². The van der Waals surface area contributed by atoms with Crippen LogP contribution in [0, 0.1) is 0 Å². The van der Waals surface area contributed by atoms with Crippen LogP contribution in [0.25, 0.3) is 0 Å². The zero-order valence-electron chi connectivity index (χ0n) is 11.5. The fourth-order valence-electron chi connectivity index (χ4n) is 1.63. The summed E-state index contributed by atoms with van der Waals surface area (Å²) in [4.78, 5) is 33.0. The highest BCUT2D eigenvalue weighted by molar-refractivity contribution is 7.89. The first kappa shape index (κ1) is 18.9. The third-order valence-electron chi connectivity index (χ3n) is 2.75. The number of primary sulfonamides is 1. The van der Waals surface area contributed by atoms with Crippen molar-refractivity contribution in [2.24, 2.45) is 5.14 Å². The highest BCUT2D eigenvalue weighted by atomic mass is 35.5. The second-order valence-corrected chi connectivity index (χ2v) is 6.42. The third kappa shape index (κ3) is 5.51. The topological polar surface area (TPSA) is 164 Å². The Morgan fingerprint density at radius 3 is 2.35 bits per heavy atom. The molecule has 5 N–H and O–H groups in total. The zero-order valence-corrected chi connectivity index (χ0v) is 13.1. The second kappa shape index (κ2) is 7.40. The third-order valence-corrected chi connectivity index (χ3v) is 4.14. The summed E-state index contributed by atoms with van der Waals surface area (Å²) in [6.45, 7) is 0. The van der Waals surface area contributed by atoms with E-state index in [0.717, 1.165) is 12.1 Å². The minimum atomic E-state index is -4.16. The van der Waals surface area contributed by atoms with Crippen LogP contribution < -0.4 is 10.5 Å². The van der Waals surface area contributed by atoms with E-state index in [2.05, 4.69) is 5.32 Å². The van der Waals surface area contributed by atoms with E-state index in [-0.39, 0.29) is 17.0 Å². The minimum absolute atomic E-state index is 0.181. The maximum atomic E-state index is 12.0. The number of halogens is 1. The summed E-state index contributed by atoms with van der Waals surface area (Å²) < 4.78 is 22.7. The maximum Gasteiger partial charge on any atom is 0.326 e. The lowest BCUT2D eigenvalue weighted by Crippen LogP contribution is -2.41. The molecule has 0 aliphatic carbocycles. The highest BCUT2D eigenvalue weighted by Gasteiger charge is 2.23. The van der Waals surface area contributed by atoms with Crippen molar-refractivity contribution in [2.75, 3.05) is 0 Å². The van der Waals surface area contributed by atoms with Crippen LogP contribution in [0.1, 0.15) is 23.2 Å². The van der Waals surface area contributed by atoms with E-state index in [1.165, 1.54) is 6.07 Å².